The average Bonchev–Trinajstić information content (AvgIpc) is 2.94. The van der Waals surface area contributed by atoms with Crippen LogP contribution < -0.4 is 5.32 Å². The summed E-state index contributed by atoms with van der Waals surface area (Å²) >= 11 is 0. The number of hydrogen-bond acceptors (Lipinski definition) is 3. The van der Waals surface area contributed by atoms with Crippen molar-refractivity contribution in [1.82, 2.24) is 15.1 Å². The lowest BCUT2D eigenvalue weighted by atomic mass is 10.0. The van der Waals surface area contributed by atoms with E-state index >= 15 is 0 Å². The molecule has 2 aromatic rings. The minimum Gasteiger partial charge on any atom is -0.469 e. The smallest absolute Gasteiger partial charge is 0.108 e. The summed E-state index contributed by atoms with van der Waals surface area (Å²) < 4.78 is 7.32. The van der Waals surface area contributed by atoms with Crippen LogP contribution in [0.1, 0.15) is 36.9 Å². The van der Waals surface area contributed by atoms with Crippen molar-refractivity contribution >= 4 is 0 Å². The first kappa shape index (κ1) is 11.9. The van der Waals surface area contributed by atoms with Gasteiger partial charge in [-0.25, -0.2) is 0 Å². The van der Waals surface area contributed by atoms with Crippen molar-refractivity contribution in [3.63, 3.8) is 0 Å². The minimum absolute atomic E-state index is 0.120. The Balaban J connectivity index is 2.35. The number of furan rings is 1. The molecule has 0 aliphatic carbocycles. The first-order chi connectivity index (χ1) is 8.26. The Morgan fingerprint density at radius 3 is 2.82 bits per heavy atom. The second-order valence-corrected chi connectivity index (χ2v) is 4.06. The normalized spacial score (nSPS) is 12.9. The molecule has 0 aromatic carbocycles. The molecule has 2 rings (SSSR count). The molecule has 17 heavy (non-hydrogen) atoms. The van der Waals surface area contributed by atoms with Gasteiger partial charge in [-0.1, -0.05) is 13.8 Å². The van der Waals surface area contributed by atoms with Gasteiger partial charge in [-0.05, 0) is 18.7 Å². The van der Waals surface area contributed by atoms with Gasteiger partial charge in [0.25, 0.3) is 0 Å². The summed E-state index contributed by atoms with van der Waals surface area (Å²) in [4.78, 5) is 0. The predicted octanol–water partition coefficient (Wildman–Crippen LogP) is 2.27. The minimum atomic E-state index is 0.120. The highest BCUT2D eigenvalue weighted by Gasteiger charge is 2.20. The van der Waals surface area contributed by atoms with Crippen LogP contribution in [-0.2, 0) is 13.5 Å². The standard InChI is InChI=1S/C13H19N3O/c1-4-12-10(7-9-17-12)13(14-5-2)11-6-8-16(3)15-11/h6-9,13-14H,4-5H2,1-3H3. The van der Waals surface area contributed by atoms with Crippen LogP contribution >= 0.6 is 0 Å². The Morgan fingerprint density at radius 1 is 1.41 bits per heavy atom. The number of aromatic nitrogens is 2. The van der Waals surface area contributed by atoms with Crippen LogP contribution in [0.4, 0.5) is 0 Å². The molecule has 92 valence electrons. The van der Waals surface area contributed by atoms with Crippen molar-refractivity contribution in [2.45, 2.75) is 26.3 Å². The summed E-state index contributed by atoms with van der Waals surface area (Å²) in [5.74, 6) is 1.03. The summed E-state index contributed by atoms with van der Waals surface area (Å²) in [5, 5.41) is 7.93. The van der Waals surface area contributed by atoms with Gasteiger partial charge in [0.2, 0.25) is 0 Å². The quantitative estimate of drug-likeness (QED) is 0.861. The van der Waals surface area contributed by atoms with Gasteiger partial charge in [0, 0.05) is 25.2 Å². The van der Waals surface area contributed by atoms with Gasteiger partial charge in [0.1, 0.15) is 5.76 Å². The average molecular weight is 233 g/mol. The maximum atomic E-state index is 5.49. The number of nitrogens with zero attached hydrogens (tertiary/aromatic N) is 2. The molecule has 0 fully saturated rings. The summed E-state index contributed by atoms with van der Waals surface area (Å²) in [7, 11) is 1.93. The van der Waals surface area contributed by atoms with E-state index in [-0.39, 0.29) is 6.04 Å². The molecule has 2 heterocycles. The molecular formula is C13H19N3O. The Morgan fingerprint density at radius 2 is 2.24 bits per heavy atom. The summed E-state index contributed by atoms with van der Waals surface area (Å²) in [6, 6.07) is 4.19. The molecule has 0 saturated heterocycles. The van der Waals surface area contributed by atoms with Gasteiger partial charge >= 0.3 is 0 Å². The van der Waals surface area contributed by atoms with Gasteiger partial charge in [-0.15, -0.1) is 0 Å². The molecule has 0 spiro atoms. The molecule has 1 N–H and O–H groups in total. The summed E-state index contributed by atoms with van der Waals surface area (Å²) in [5.41, 5.74) is 2.22. The topological polar surface area (TPSA) is 43.0 Å². The molecule has 4 heteroatoms. The SMILES string of the molecule is CCNC(c1ccn(C)n1)c1ccoc1CC. The first-order valence-corrected chi connectivity index (χ1v) is 6.05. The van der Waals surface area contributed by atoms with Crippen LogP contribution in [0.25, 0.3) is 0 Å². The lowest BCUT2D eigenvalue weighted by Crippen LogP contribution is -2.23. The maximum absolute atomic E-state index is 5.49. The number of hydrogen-bond donors (Lipinski definition) is 1. The van der Waals surface area contributed by atoms with Gasteiger partial charge < -0.3 is 9.73 Å². The third kappa shape index (κ3) is 2.42. The highest BCUT2D eigenvalue weighted by atomic mass is 16.3. The summed E-state index contributed by atoms with van der Waals surface area (Å²) in [6.07, 6.45) is 4.61. The van der Waals surface area contributed by atoms with E-state index in [9.17, 15) is 0 Å². The highest BCUT2D eigenvalue weighted by Crippen LogP contribution is 2.25. The monoisotopic (exact) mass is 233 g/mol. The van der Waals surface area contributed by atoms with Crippen molar-refractivity contribution < 1.29 is 4.42 Å². The highest BCUT2D eigenvalue weighted by molar-refractivity contribution is 5.29. The Kier molecular flexibility index (Phi) is 3.64. The molecule has 0 bridgehead atoms. The lowest BCUT2D eigenvalue weighted by Gasteiger charge is -2.15. The van der Waals surface area contributed by atoms with Crippen LogP contribution in [0.15, 0.2) is 29.0 Å². The summed E-state index contributed by atoms with van der Waals surface area (Å²) in [6.45, 7) is 5.10. The third-order valence-corrected chi connectivity index (χ3v) is 2.85. The van der Waals surface area contributed by atoms with E-state index in [2.05, 4.69) is 24.3 Å². The van der Waals surface area contributed by atoms with Crippen LogP contribution in [0, 0.1) is 0 Å². The zero-order chi connectivity index (χ0) is 12.3. The number of nitrogens with one attached hydrogen (secondary N) is 1. The van der Waals surface area contributed by atoms with Crippen molar-refractivity contribution in [3.05, 3.63) is 41.6 Å². The Hall–Kier alpha value is -1.55. The largest absolute Gasteiger partial charge is 0.469 e. The van der Waals surface area contributed by atoms with Gasteiger partial charge in [-0.3, -0.25) is 4.68 Å². The fourth-order valence-electron chi connectivity index (χ4n) is 2.06. The number of rotatable bonds is 5. The molecule has 2 aromatic heterocycles. The fourth-order valence-corrected chi connectivity index (χ4v) is 2.06. The van der Waals surface area contributed by atoms with Crippen LogP contribution in [0.2, 0.25) is 0 Å². The van der Waals surface area contributed by atoms with E-state index in [4.69, 9.17) is 4.42 Å². The maximum Gasteiger partial charge on any atom is 0.108 e. The van der Waals surface area contributed by atoms with Crippen molar-refractivity contribution in [1.29, 1.82) is 0 Å². The first-order valence-electron chi connectivity index (χ1n) is 6.05. The van der Waals surface area contributed by atoms with Gasteiger partial charge in [0.15, 0.2) is 0 Å². The van der Waals surface area contributed by atoms with E-state index in [1.807, 2.05) is 30.1 Å². The van der Waals surface area contributed by atoms with Gasteiger partial charge in [-0.2, -0.15) is 5.10 Å². The zero-order valence-corrected chi connectivity index (χ0v) is 10.6. The van der Waals surface area contributed by atoms with E-state index in [0.29, 0.717) is 0 Å². The van der Waals surface area contributed by atoms with E-state index in [0.717, 1.165) is 24.4 Å². The van der Waals surface area contributed by atoms with E-state index in [1.165, 1.54) is 5.56 Å². The van der Waals surface area contributed by atoms with Crippen molar-refractivity contribution in [2.75, 3.05) is 6.54 Å². The molecule has 0 saturated carbocycles. The van der Waals surface area contributed by atoms with E-state index in [1.54, 1.807) is 6.26 Å². The van der Waals surface area contributed by atoms with Crippen molar-refractivity contribution in [2.24, 2.45) is 7.05 Å². The van der Waals surface area contributed by atoms with Crippen LogP contribution in [-0.4, -0.2) is 16.3 Å². The molecule has 4 nitrogen and oxygen atoms in total. The molecule has 0 aliphatic rings. The Bertz CT molecular complexity index is 472. The predicted molar refractivity (Wildman–Crippen MR) is 66.8 cm³/mol. The zero-order valence-electron chi connectivity index (χ0n) is 10.6. The number of aryl methyl sites for hydroxylation is 2. The van der Waals surface area contributed by atoms with Gasteiger partial charge in [0.05, 0.1) is 18.0 Å². The third-order valence-electron chi connectivity index (χ3n) is 2.85. The molecular weight excluding hydrogens is 214 g/mol. The van der Waals surface area contributed by atoms with Crippen LogP contribution in [0.5, 0.6) is 0 Å². The molecule has 0 radical (unpaired) electrons. The molecule has 1 unspecified atom stereocenters. The fraction of sp³-hybridized carbons (Fsp3) is 0.462. The lowest BCUT2D eigenvalue weighted by molar-refractivity contribution is 0.499. The van der Waals surface area contributed by atoms with E-state index < -0.39 is 0 Å². The van der Waals surface area contributed by atoms with Crippen LogP contribution in [0.3, 0.4) is 0 Å². The Labute approximate surface area is 102 Å². The second kappa shape index (κ2) is 5.19. The molecule has 0 aliphatic heterocycles. The molecule has 1 atom stereocenters. The molecule has 0 amide bonds. The second-order valence-electron chi connectivity index (χ2n) is 4.06. The van der Waals surface area contributed by atoms with Crippen molar-refractivity contribution in [3.8, 4) is 0 Å².